The van der Waals surface area contributed by atoms with Crippen LogP contribution in [-0.2, 0) is 0 Å². The number of hydrogen-bond donors (Lipinski definition) is 2. The monoisotopic (exact) mass is 456 g/mol. The Labute approximate surface area is 190 Å². The number of aryl methyl sites for hydroxylation is 1. The van der Waals surface area contributed by atoms with Gasteiger partial charge in [0.15, 0.2) is 5.65 Å². The van der Waals surface area contributed by atoms with Crippen LogP contribution < -0.4 is 10.6 Å². The molecule has 0 saturated heterocycles. The van der Waals surface area contributed by atoms with Crippen molar-refractivity contribution in [1.29, 1.82) is 0 Å². The molecule has 0 aliphatic heterocycles. The molecule has 8 heteroatoms. The molecular weight excluding hydrogens is 429 g/mol. The number of halogens is 3. The van der Waals surface area contributed by atoms with E-state index in [-0.39, 0.29) is 18.5 Å². The first-order valence-corrected chi connectivity index (χ1v) is 11.0. The number of rotatable bonds is 7. The number of fused-ring (bicyclic) bond motifs is 1. The number of imidazole rings is 1. The second kappa shape index (κ2) is 8.92. The quantitative estimate of drug-likeness (QED) is 0.469. The maximum Gasteiger partial charge on any atom is 0.390 e. The number of carbonyl (C=O) groups excluding carboxylic acids is 1. The average molecular weight is 457 g/mol. The fourth-order valence-corrected chi connectivity index (χ4v) is 3.92. The molecule has 174 valence electrons. The molecular formula is C25H27F3N4O. The lowest BCUT2D eigenvalue weighted by molar-refractivity contribution is -0.131. The van der Waals surface area contributed by atoms with Gasteiger partial charge < -0.3 is 10.6 Å². The minimum atomic E-state index is -4.23. The lowest BCUT2D eigenvalue weighted by atomic mass is 10.0. The molecule has 2 atom stereocenters. The van der Waals surface area contributed by atoms with Crippen molar-refractivity contribution in [2.45, 2.75) is 45.8 Å². The summed E-state index contributed by atoms with van der Waals surface area (Å²) in [5.74, 6) is 0.454. The molecule has 0 bridgehead atoms. The standard InChI is InChI=1S/C25H27F3N4O/c1-4-5-17-12-21(29-9-8-25(26,27)28)23-30-13-22(32(23)14-17)18-6-7-19(15(2)10-18)24(33)31-20-11-16(20)3/h4-7,10,12-14,16,20,29H,8-9,11H2,1-3H3,(H,31,33)/b5-4+/t16-,20-/m0/s1. The van der Waals surface area contributed by atoms with Crippen molar-refractivity contribution in [3.63, 3.8) is 0 Å². The number of benzene rings is 1. The molecule has 1 aliphatic carbocycles. The molecule has 4 rings (SSSR count). The van der Waals surface area contributed by atoms with Gasteiger partial charge >= 0.3 is 6.18 Å². The summed E-state index contributed by atoms with van der Waals surface area (Å²) in [6.07, 6.45) is 3.21. The van der Waals surface area contributed by atoms with Gasteiger partial charge in [0.1, 0.15) is 0 Å². The molecule has 1 fully saturated rings. The molecule has 2 N–H and O–H groups in total. The number of alkyl halides is 3. The highest BCUT2D eigenvalue weighted by Gasteiger charge is 2.34. The Morgan fingerprint density at radius 2 is 2.06 bits per heavy atom. The van der Waals surface area contributed by atoms with E-state index in [9.17, 15) is 18.0 Å². The summed E-state index contributed by atoms with van der Waals surface area (Å²) >= 11 is 0. The Kier molecular flexibility index (Phi) is 6.19. The molecule has 0 spiro atoms. The van der Waals surface area contributed by atoms with Crippen LogP contribution in [0.4, 0.5) is 18.9 Å². The zero-order valence-corrected chi connectivity index (χ0v) is 18.8. The third-order valence-electron chi connectivity index (χ3n) is 5.90. The fraction of sp³-hybridized carbons (Fsp3) is 0.360. The summed E-state index contributed by atoms with van der Waals surface area (Å²) in [5, 5.41) is 5.93. The maximum absolute atomic E-state index is 12.6. The number of anilines is 1. The Bertz CT molecular complexity index is 1210. The molecule has 33 heavy (non-hydrogen) atoms. The van der Waals surface area contributed by atoms with Crippen molar-refractivity contribution in [2.24, 2.45) is 5.92 Å². The second-order valence-corrected chi connectivity index (χ2v) is 8.64. The number of aromatic nitrogens is 2. The summed E-state index contributed by atoms with van der Waals surface area (Å²) in [6, 6.07) is 7.67. The molecule has 5 nitrogen and oxygen atoms in total. The van der Waals surface area contributed by atoms with Gasteiger partial charge in [0.05, 0.1) is 24.0 Å². The highest BCUT2D eigenvalue weighted by molar-refractivity contribution is 5.96. The van der Waals surface area contributed by atoms with Crippen LogP contribution in [0.1, 0.15) is 48.2 Å². The number of nitrogens with zero attached hydrogens (tertiary/aromatic N) is 2. The third-order valence-corrected chi connectivity index (χ3v) is 5.90. The highest BCUT2D eigenvalue weighted by Crippen LogP contribution is 2.31. The zero-order chi connectivity index (χ0) is 23.8. The molecule has 0 radical (unpaired) electrons. The Balaban J connectivity index is 1.66. The van der Waals surface area contributed by atoms with E-state index in [1.165, 1.54) is 0 Å². The van der Waals surface area contributed by atoms with Gasteiger partial charge in [0.25, 0.3) is 5.91 Å². The number of amides is 1. The minimum Gasteiger partial charge on any atom is -0.382 e. The molecule has 2 aromatic heterocycles. The molecule has 2 heterocycles. The van der Waals surface area contributed by atoms with Crippen molar-refractivity contribution in [2.75, 3.05) is 11.9 Å². The normalized spacial score (nSPS) is 18.1. The predicted molar refractivity (Wildman–Crippen MR) is 124 cm³/mol. The van der Waals surface area contributed by atoms with Gasteiger partial charge in [-0.15, -0.1) is 0 Å². The van der Waals surface area contributed by atoms with Crippen LogP contribution in [0.15, 0.2) is 42.7 Å². The van der Waals surface area contributed by atoms with E-state index in [0.29, 0.717) is 22.8 Å². The van der Waals surface area contributed by atoms with Gasteiger partial charge in [-0.2, -0.15) is 13.2 Å². The van der Waals surface area contributed by atoms with Gasteiger partial charge in [-0.25, -0.2) is 4.98 Å². The van der Waals surface area contributed by atoms with Gasteiger partial charge in [-0.3, -0.25) is 9.20 Å². The lowest BCUT2D eigenvalue weighted by Crippen LogP contribution is -2.27. The Hall–Kier alpha value is -3.29. The fourth-order valence-electron chi connectivity index (χ4n) is 3.92. The van der Waals surface area contributed by atoms with E-state index >= 15 is 0 Å². The Morgan fingerprint density at radius 1 is 1.30 bits per heavy atom. The first-order valence-electron chi connectivity index (χ1n) is 11.0. The van der Waals surface area contributed by atoms with Crippen LogP contribution in [0.25, 0.3) is 23.0 Å². The Morgan fingerprint density at radius 3 is 2.70 bits per heavy atom. The topological polar surface area (TPSA) is 58.4 Å². The number of carbonyl (C=O) groups is 1. The molecule has 1 aromatic carbocycles. The predicted octanol–water partition coefficient (Wildman–Crippen LogP) is 5.85. The molecule has 1 aliphatic rings. The molecule has 3 aromatic rings. The summed E-state index contributed by atoms with van der Waals surface area (Å²) in [7, 11) is 0. The minimum absolute atomic E-state index is 0.0712. The van der Waals surface area contributed by atoms with Crippen molar-refractivity contribution in [3.05, 3.63) is 59.4 Å². The van der Waals surface area contributed by atoms with Crippen molar-refractivity contribution < 1.29 is 18.0 Å². The number of nitrogens with one attached hydrogen (secondary N) is 2. The first kappa shape index (κ1) is 22.9. The smallest absolute Gasteiger partial charge is 0.382 e. The van der Waals surface area contributed by atoms with E-state index in [2.05, 4.69) is 22.5 Å². The molecule has 1 saturated carbocycles. The van der Waals surface area contributed by atoms with E-state index in [4.69, 9.17) is 0 Å². The van der Waals surface area contributed by atoms with E-state index in [1.54, 1.807) is 12.3 Å². The summed E-state index contributed by atoms with van der Waals surface area (Å²) < 4.78 is 39.7. The van der Waals surface area contributed by atoms with E-state index in [1.807, 2.05) is 54.8 Å². The highest BCUT2D eigenvalue weighted by atomic mass is 19.4. The van der Waals surface area contributed by atoms with Gasteiger partial charge in [-0.05, 0) is 55.5 Å². The van der Waals surface area contributed by atoms with Crippen LogP contribution in [0.2, 0.25) is 0 Å². The molecule has 1 amide bonds. The first-order chi connectivity index (χ1) is 15.7. The molecule has 0 unspecified atom stereocenters. The van der Waals surface area contributed by atoms with E-state index < -0.39 is 12.6 Å². The number of pyridine rings is 1. The van der Waals surface area contributed by atoms with Crippen LogP contribution in [0.3, 0.4) is 0 Å². The van der Waals surface area contributed by atoms with Crippen LogP contribution in [0, 0.1) is 12.8 Å². The SMILES string of the molecule is C/C=C/c1cc(NCCC(F)(F)F)c2ncc(-c3ccc(C(=O)N[C@H]4C[C@@H]4C)c(C)c3)n2c1. The van der Waals surface area contributed by atoms with Crippen molar-refractivity contribution in [1.82, 2.24) is 14.7 Å². The van der Waals surface area contributed by atoms with Gasteiger partial charge in [-0.1, -0.05) is 25.1 Å². The summed E-state index contributed by atoms with van der Waals surface area (Å²) in [6.45, 7) is 5.65. The zero-order valence-electron chi connectivity index (χ0n) is 18.8. The van der Waals surface area contributed by atoms with Crippen molar-refractivity contribution in [3.8, 4) is 11.3 Å². The van der Waals surface area contributed by atoms with Gasteiger partial charge in [0.2, 0.25) is 0 Å². The average Bonchev–Trinajstić information content (AvgIpc) is 3.25. The summed E-state index contributed by atoms with van der Waals surface area (Å²) in [4.78, 5) is 17.0. The summed E-state index contributed by atoms with van der Waals surface area (Å²) in [5.41, 5.74) is 5.06. The maximum atomic E-state index is 12.6. The van der Waals surface area contributed by atoms with Crippen LogP contribution >= 0.6 is 0 Å². The van der Waals surface area contributed by atoms with E-state index in [0.717, 1.165) is 28.8 Å². The number of allylic oxidation sites excluding steroid dienone is 1. The lowest BCUT2D eigenvalue weighted by Gasteiger charge is -2.13. The van der Waals surface area contributed by atoms with Gasteiger partial charge in [0, 0.05) is 29.9 Å². The third kappa shape index (κ3) is 5.21. The largest absolute Gasteiger partial charge is 0.390 e. The van der Waals surface area contributed by atoms with Crippen molar-refractivity contribution >= 4 is 23.3 Å². The number of hydrogen-bond acceptors (Lipinski definition) is 3. The van der Waals surface area contributed by atoms with Crippen LogP contribution in [-0.4, -0.2) is 34.1 Å². The van der Waals surface area contributed by atoms with Crippen LogP contribution in [0.5, 0.6) is 0 Å². The second-order valence-electron chi connectivity index (χ2n) is 8.64.